The highest BCUT2D eigenvalue weighted by Gasteiger charge is 2.34. The Kier molecular flexibility index (Phi) is 5.50. The summed E-state index contributed by atoms with van der Waals surface area (Å²) in [6.07, 6.45) is 0.408. The van der Waals surface area contributed by atoms with E-state index in [0.717, 1.165) is 16.8 Å². The summed E-state index contributed by atoms with van der Waals surface area (Å²) >= 11 is 0. The summed E-state index contributed by atoms with van der Waals surface area (Å²) in [5.74, 6) is 0.897. The number of nitrogens with zero attached hydrogens (tertiary/aromatic N) is 2. The molecule has 1 aliphatic rings. The second-order valence-corrected chi connectivity index (χ2v) is 7.51. The first-order chi connectivity index (χ1) is 14.9. The molecule has 0 aliphatic carbocycles. The molecule has 0 spiro atoms. The number of methoxy groups -OCH3 is 2. The fourth-order valence-corrected chi connectivity index (χ4v) is 4.08. The van der Waals surface area contributed by atoms with Crippen molar-refractivity contribution in [2.45, 2.75) is 26.3 Å². The van der Waals surface area contributed by atoms with E-state index in [2.05, 4.69) is 4.98 Å². The minimum Gasteiger partial charge on any atom is -0.497 e. The fraction of sp³-hybridized carbons (Fsp3) is 0.250. The predicted octanol–water partition coefficient (Wildman–Crippen LogP) is 4.50. The second kappa shape index (κ2) is 8.26. The Morgan fingerprint density at radius 2 is 1.87 bits per heavy atom. The molecule has 0 unspecified atom stereocenters. The van der Waals surface area contributed by atoms with Gasteiger partial charge in [0.15, 0.2) is 0 Å². The summed E-state index contributed by atoms with van der Waals surface area (Å²) in [5, 5.41) is 6.35. The lowest BCUT2D eigenvalue weighted by atomic mass is 9.95. The third-order valence-electron chi connectivity index (χ3n) is 5.46. The molecular weight excluding hydrogens is 397 g/mol. The molecule has 1 aromatic heterocycles. The Morgan fingerprint density at radius 1 is 1.10 bits per heavy atom. The number of hydrazone groups is 1. The number of aromatic nitrogens is 1. The van der Waals surface area contributed by atoms with Gasteiger partial charge in [0.05, 0.1) is 37.2 Å². The highest BCUT2D eigenvalue weighted by molar-refractivity contribution is 6.04. The van der Waals surface area contributed by atoms with Crippen molar-refractivity contribution in [2.24, 2.45) is 5.10 Å². The molecule has 0 saturated carbocycles. The van der Waals surface area contributed by atoms with Crippen LogP contribution in [0.3, 0.4) is 0 Å². The van der Waals surface area contributed by atoms with Crippen LogP contribution in [0.5, 0.6) is 11.5 Å². The number of ether oxygens (including phenoxy) is 2. The number of anilines is 1. The molecule has 0 amide bonds. The number of aromatic amines is 1. The van der Waals surface area contributed by atoms with Crippen LogP contribution in [0, 0.1) is 19.7 Å². The molecule has 0 radical (unpaired) electrons. The van der Waals surface area contributed by atoms with Crippen molar-refractivity contribution in [3.8, 4) is 11.5 Å². The number of H-pyrrole nitrogens is 1. The zero-order valence-electron chi connectivity index (χ0n) is 17.9. The number of halogens is 1. The fourth-order valence-electron chi connectivity index (χ4n) is 4.08. The van der Waals surface area contributed by atoms with Gasteiger partial charge in [0, 0.05) is 17.7 Å². The van der Waals surface area contributed by atoms with Gasteiger partial charge < -0.3 is 14.5 Å². The highest BCUT2D eigenvalue weighted by Crippen LogP contribution is 2.42. The summed E-state index contributed by atoms with van der Waals surface area (Å²) in [6, 6.07) is 13.5. The number of hydrogen-bond acceptors (Lipinski definition) is 5. The van der Waals surface area contributed by atoms with Gasteiger partial charge in [0.25, 0.3) is 5.56 Å². The van der Waals surface area contributed by atoms with E-state index in [1.807, 2.05) is 32.0 Å². The van der Waals surface area contributed by atoms with E-state index in [1.165, 1.54) is 6.07 Å². The Morgan fingerprint density at radius 3 is 2.55 bits per heavy atom. The van der Waals surface area contributed by atoms with Gasteiger partial charge in [-0.15, -0.1) is 0 Å². The van der Waals surface area contributed by atoms with Crippen LogP contribution >= 0.6 is 0 Å². The normalized spacial score (nSPS) is 15.7. The second-order valence-electron chi connectivity index (χ2n) is 7.51. The van der Waals surface area contributed by atoms with Crippen LogP contribution in [0.2, 0.25) is 0 Å². The van der Waals surface area contributed by atoms with E-state index in [0.29, 0.717) is 34.9 Å². The van der Waals surface area contributed by atoms with Crippen molar-refractivity contribution < 1.29 is 13.9 Å². The zero-order chi connectivity index (χ0) is 22.1. The molecular formula is C24H24FN3O3. The van der Waals surface area contributed by atoms with Crippen LogP contribution in [-0.2, 0) is 0 Å². The minimum absolute atomic E-state index is 0.206. The van der Waals surface area contributed by atoms with Crippen LogP contribution in [0.15, 0.2) is 58.4 Å². The van der Waals surface area contributed by atoms with Crippen molar-refractivity contribution in [2.75, 3.05) is 19.2 Å². The first-order valence-electron chi connectivity index (χ1n) is 9.97. The molecule has 31 heavy (non-hydrogen) atoms. The van der Waals surface area contributed by atoms with Crippen molar-refractivity contribution in [3.05, 3.63) is 87.1 Å². The summed E-state index contributed by atoms with van der Waals surface area (Å²) in [6.45, 7) is 3.72. The monoisotopic (exact) mass is 421 g/mol. The molecule has 0 fully saturated rings. The van der Waals surface area contributed by atoms with Gasteiger partial charge in [-0.05, 0) is 55.8 Å². The number of rotatable bonds is 5. The summed E-state index contributed by atoms with van der Waals surface area (Å²) < 4.78 is 25.7. The largest absolute Gasteiger partial charge is 0.497 e. The van der Waals surface area contributed by atoms with E-state index in [9.17, 15) is 9.18 Å². The maximum atomic E-state index is 14.8. The number of aryl methyl sites for hydroxylation is 2. The highest BCUT2D eigenvalue weighted by atomic mass is 19.1. The lowest BCUT2D eigenvalue weighted by Crippen LogP contribution is -2.21. The van der Waals surface area contributed by atoms with Crippen molar-refractivity contribution in [1.82, 2.24) is 4.98 Å². The lowest BCUT2D eigenvalue weighted by molar-refractivity contribution is 0.395. The van der Waals surface area contributed by atoms with E-state index >= 15 is 0 Å². The molecule has 6 nitrogen and oxygen atoms in total. The van der Waals surface area contributed by atoms with Crippen molar-refractivity contribution in [1.29, 1.82) is 0 Å². The van der Waals surface area contributed by atoms with E-state index in [1.54, 1.807) is 43.5 Å². The number of nitrogens with one attached hydrogen (secondary N) is 1. The van der Waals surface area contributed by atoms with Gasteiger partial charge in [-0.1, -0.05) is 12.1 Å². The molecule has 2 aromatic carbocycles. The van der Waals surface area contributed by atoms with Gasteiger partial charge in [-0.3, -0.25) is 9.80 Å². The Labute approximate surface area is 179 Å². The molecule has 160 valence electrons. The molecule has 0 saturated heterocycles. The van der Waals surface area contributed by atoms with Gasteiger partial charge in [-0.25, -0.2) is 4.39 Å². The number of hydrogen-bond donors (Lipinski definition) is 1. The van der Waals surface area contributed by atoms with Gasteiger partial charge >= 0.3 is 0 Å². The first kappa shape index (κ1) is 20.7. The third kappa shape index (κ3) is 3.79. The molecule has 3 aromatic rings. The van der Waals surface area contributed by atoms with Crippen LogP contribution in [0.1, 0.15) is 34.8 Å². The standard InChI is InChI=1S/C24H24FN3O3/c1-14-11-15(2)26-24(29)23(14)19-13-21(17-12-16(30-3)9-10-22(17)31-4)28(27-19)20-8-6-5-7-18(20)25/h5-12,21H,13H2,1-4H3,(H,26,29)/t21-/m1/s1. The third-order valence-corrected chi connectivity index (χ3v) is 5.46. The average Bonchev–Trinajstić information content (AvgIpc) is 3.17. The number of benzene rings is 2. The smallest absolute Gasteiger partial charge is 0.257 e. The quantitative estimate of drug-likeness (QED) is 0.659. The van der Waals surface area contributed by atoms with Crippen LogP contribution < -0.4 is 20.0 Å². The minimum atomic E-state index is -0.395. The number of para-hydroxylation sites is 1. The van der Waals surface area contributed by atoms with Crippen molar-refractivity contribution in [3.63, 3.8) is 0 Å². The van der Waals surface area contributed by atoms with Crippen LogP contribution in [0.4, 0.5) is 10.1 Å². The first-order valence-corrected chi connectivity index (χ1v) is 9.97. The molecule has 2 heterocycles. The SMILES string of the molecule is COc1ccc(OC)c([C@H]2CC(c3c(C)cc(C)[nH]c3=O)=NN2c2ccccc2F)c1. The van der Waals surface area contributed by atoms with E-state index in [-0.39, 0.29) is 11.6 Å². The molecule has 4 rings (SSSR count). The summed E-state index contributed by atoms with van der Waals surface area (Å²) in [5.41, 5.74) is 3.63. The topological polar surface area (TPSA) is 66.9 Å². The summed E-state index contributed by atoms with van der Waals surface area (Å²) in [4.78, 5) is 15.6. The Hall–Kier alpha value is -3.61. The van der Waals surface area contributed by atoms with Gasteiger partial charge in [-0.2, -0.15) is 5.10 Å². The lowest BCUT2D eigenvalue weighted by Gasteiger charge is -2.26. The maximum absolute atomic E-state index is 14.8. The average molecular weight is 421 g/mol. The predicted molar refractivity (Wildman–Crippen MR) is 119 cm³/mol. The Balaban J connectivity index is 1.89. The Bertz CT molecular complexity index is 1220. The van der Waals surface area contributed by atoms with Crippen LogP contribution in [-0.4, -0.2) is 24.9 Å². The number of pyridine rings is 1. The van der Waals surface area contributed by atoms with E-state index in [4.69, 9.17) is 14.6 Å². The molecule has 1 aliphatic heterocycles. The van der Waals surface area contributed by atoms with Gasteiger partial charge in [0.2, 0.25) is 0 Å². The van der Waals surface area contributed by atoms with E-state index < -0.39 is 5.82 Å². The molecule has 0 bridgehead atoms. The molecule has 7 heteroatoms. The molecule has 1 atom stereocenters. The summed E-state index contributed by atoms with van der Waals surface area (Å²) in [7, 11) is 3.18. The zero-order valence-corrected chi connectivity index (χ0v) is 17.9. The maximum Gasteiger partial charge on any atom is 0.257 e. The van der Waals surface area contributed by atoms with Crippen molar-refractivity contribution >= 4 is 11.4 Å². The van der Waals surface area contributed by atoms with Gasteiger partial charge in [0.1, 0.15) is 17.3 Å². The van der Waals surface area contributed by atoms with Crippen LogP contribution in [0.25, 0.3) is 0 Å². The molecule has 1 N–H and O–H groups in total.